The first-order chi connectivity index (χ1) is 8.65. The molecule has 0 radical (unpaired) electrons. The fourth-order valence-electron chi connectivity index (χ4n) is 2.21. The summed E-state index contributed by atoms with van der Waals surface area (Å²) < 4.78 is 0. The molecule has 1 aliphatic rings. The smallest absolute Gasteiger partial charge is 0.224 e. The molecule has 0 aromatic carbocycles. The van der Waals surface area contributed by atoms with E-state index in [-0.39, 0.29) is 0 Å². The Balaban J connectivity index is 2.09. The summed E-state index contributed by atoms with van der Waals surface area (Å²) in [6, 6.07) is 2.09. The number of rotatable bonds is 4. The minimum Gasteiger partial charge on any atom is -0.356 e. The molecule has 1 N–H and O–H groups in total. The van der Waals surface area contributed by atoms with Crippen LogP contribution in [-0.2, 0) is 0 Å². The van der Waals surface area contributed by atoms with Crippen LogP contribution in [0.25, 0.3) is 0 Å². The summed E-state index contributed by atoms with van der Waals surface area (Å²) in [5.74, 6) is 2.45. The van der Waals surface area contributed by atoms with Gasteiger partial charge in [-0.1, -0.05) is 13.8 Å². The van der Waals surface area contributed by atoms with E-state index in [0.29, 0.717) is 5.92 Å². The van der Waals surface area contributed by atoms with Crippen LogP contribution in [0.4, 0.5) is 11.8 Å². The lowest BCUT2D eigenvalue weighted by atomic mass is 10.1. The minimum absolute atomic E-state index is 0.604. The molecule has 1 saturated heterocycles. The number of nitrogens with zero attached hydrogens (tertiary/aromatic N) is 3. The van der Waals surface area contributed by atoms with Crippen molar-refractivity contribution in [1.82, 2.24) is 9.97 Å². The molecule has 4 heteroatoms. The van der Waals surface area contributed by atoms with E-state index in [1.807, 2.05) is 6.92 Å². The largest absolute Gasteiger partial charge is 0.356 e. The Labute approximate surface area is 110 Å². The Morgan fingerprint density at radius 1 is 1.22 bits per heavy atom. The van der Waals surface area contributed by atoms with Gasteiger partial charge in [0.1, 0.15) is 5.82 Å². The van der Waals surface area contributed by atoms with Crippen LogP contribution in [-0.4, -0.2) is 29.6 Å². The SMILES string of the molecule is Cc1cc(N2CCCCC2)nc(NCC(C)C)n1. The second kappa shape index (κ2) is 6.03. The van der Waals surface area contributed by atoms with Crippen molar-refractivity contribution in [2.45, 2.75) is 40.0 Å². The van der Waals surface area contributed by atoms with Gasteiger partial charge in [-0.05, 0) is 32.1 Å². The predicted octanol–water partition coefficient (Wildman–Crippen LogP) is 2.84. The fraction of sp³-hybridized carbons (Fsp3) is 0.714. The van der Waals surface area contributed by atoms with Crippen LogP contribution in [0.1, 0.15) is 38.8 Å². The highest BCUT2D eigenvalue weighted by Gasteiger charge is 2.13. The first-order valence-electron chi connectivity index (χ1n) is 6.99. The maximum Gasteiger partial charge on any atom is 0.224 e. The number of hydrogen-bond donors (Lipinski definition) is 1. The van der Waals surface area contributed by atoms with Crippen molar-refractivity contribution >= 4 is 11.8 Å². The zero-order chi connectivity index (χ0) is 13.0. The van der Waals surface area contributed by atoms with Crippen LogP contribution in [0.15, 0.2) is 6.07 Å². The molecule has 1 aliphatic heterocycles. The summed E-state index contributed by atoms with van der Waals surface area (Å²) >= 11 is 0. The molecule has 2 heterocycles. The van der Waals surface area contributed by atoms with Crippen LogP contribution in [0.3, 0.4) is 0 Å². The lowest BCUT2D eigenvalue weighted by Crippen LogP contribution is -2.30. The Morgan fingerprint density at radius 3 is 2.61 bits per heavy atom. The Bertz CT molecular complexity index is 383. The van der Waals surface area contributed by atoms with E-state index in [1.54, 1.807) is 0 Å². The Morgan fingerprint density at radius 2 is 1.94 bits per heavy atom. The molecule has 2 rings (SSSR count). The van der Waals surface area contributed by atoms with Crippen LogP contribution in [0.2, 0.25) is 0 Å². The van der Waals surface area contributed by atoms with Crippen molar-refractivity contribution in [2.24, 2.45) is 5.92 Å². The molecule has 1 fully saturated rings. The highest BCUT2D eigenvalue weighted by atomic mass is 15.2. The highest BCUT2D eigenvalue weighted by Crippen LogP contribution is 2.19. The number of piperidine rings is 1. The summed E-state index contributed by atoms with van der Waals surface area (Å²) in [6.07, 6.45) is 3.90. The number of nitrogens with one attached hydrogen (secondary N) is 1. The first kappa shape index (κ1) is 13.1. The van der Waals surface area contributed by atoms with Crippen LogP contribution < -0.4 is 10.2 Å². The van der Waals surface area contributed by atoms with Crippen molar-refractivity contribution < 1.29 is 0 Å². The third kappa shape index (κ3) is 3.59. The molecule has 100 valence electrons. The molecule has 0 amide bonds. The average molecular weight is 248 g/mol. The molecular weight excluding hydrogens is 224 g/mol. The zero-order valence-corrected chi connectivity index (χ0v) is 11.7. The molecule has 4 nitrogen and oxygen atoms in total. The van der Waals surface area contributed by atoms with Crippen molar-refractivity contribution in [1.29, 1.82) is 0 Å². The quantitative estimate of drug-likeness (QED) is 0.889. The average Bonchev–Trinajstić information content (AvgIpc) is 2.37. The van der Waals surface area contributed by atoms with E-state index < -0.39 is 0 Å². The standard InChI is InChI=1S/C14H24N4/c1-11(2)10-15-14-16-12(3)9-13(17-14)18-7-5-4-6-8-18/h9,11H,4-8,10H2,1-3H3,(H,15,16,17). The van der Waals surface area contributed by atoms with E-state index in [9.17, 15) is 0 Å². The van der Waals surface area contributed by atoms with Crippen LogP contribution in [0, 0.1) is 12.8 Å². The van der Waals surface area contributed by atoms with E-state index in [1.165, 1.54) is 19.3 Å². The van der Waals surface area contributed by atoms with Gasteiger partial charge < -0.3 is 10.2 Å². The van der Waals surface area contributed by atoms with Gasteiger partial charge in [0.15, 0.2) is 0 Å². The van der Waals surface area contributed by atoms with Crippen molar-refractivity contribution in [3.8, 4) is 0 Å². The van der Waals surface area contributed by atoms with Gasteiger partial charge in [-0.15, -0.1) is 0 Å². The molecule has 18 heavy (non-hydrogen) atoms. The summed E-state index contributed by atoms with van der Waals surface area (Å²) in [7, 11) is 0. The second-order valence-electron chi connectivity index (χ2n) is 5.51. The Kier molecular flexibility index (Phi) is 4.39. The van der Waals surface area contributed by atoms with Crippen LogP contribution >= 0.6 is 0 Å². The summed E-state index contributed by atoms with van der Waals surface area (Å²) in [6.45, 7) is 9.58. The van der Waals surface area contributed by atoms with Crippen molar-refractivity contribution in [3.63, 3.8) is 0 Å². The van der Waals surface area contributed by atoms with Crippen molar-refractivity contribution in [2.75, 3.05) is 29.9 Å². The maximum atomic E-state index is 4.63. The number of aryl methyl sites for hydroxylation is 1. The topological polar surface area (TPSA) is 41.1 Å². The molecule has 0 bridgehead atoms. The van der Waals surface area contributed by atoms with Gasteiger partial charge in [0.25, 0.3) is 0 Å². The molecule has 0 aliphatic carbocycles. The molecule has 0 atom stereocenters. The zero-order valence-electron chi connectivity index (χ0n) is 11.7. The predicted molar refractivity (Wildman–Crippen MR) is 76.2 cm³/mol. The summed E-state index contributed by atoms with van der Waals surface area (Å²) in [5, 5.41) is 3.32. The highest BCUT2D eigenvalue weighted by molar-refractivity contribution is 5.45. The molecule has 0 spiro atoms. The van der Waals surface area contributed by atoms with Gasteiger partial charge >= 0.3 is 0 Å². The molecular formula is C14H24N4. The third-order valence-electron chi connectivity index (χ3n) is 3.19. The number of aromatic nitrogens is 2. The monoisotopic (exact) mass is 248 g/mol. The van der Waals surface area contributed by atoms with Gasteiger partial charge in [0.05, 0.1) is 0 Å². The minimum atomic E-state index is 0.604. The molecule has 0 saturated carbocycles. The lowest BCUT2D eigenvalue weighted by Gasteiger charge is -2.28. The van der Waals surface area contributed by atoms with Gasteiger partial charge in [0.2, 0.25) is 5.95 Å². The summed E-state index contributed by atoms with van der Waals surface area (Å²) in [5.41, 5.74) is 1.04. The normalized spacial score (nSPS) is 16.1. The van der Waals surface area contributed by atoms with Gasteiger partial charge in [0, 0.05) is 31.4 Å². The van der Waals surface area contributed by atoms with Crippen molar-refractivity contribution in [3.05, 3.63) is 11.8 Å². The maximum absolute atomic E-state index is 4.63. The number of hydrogen-bond acceptors (Lipinski definition) is 4. The summed E-state index contributed by atoms with van der Waals surface area (Å²) in [4.78, 5) is 11.5. The lowest BCUT2D eigenvalue weighted by molar-refractivity contribution is 0.573. The van der Waals surface area contributed by atoms with Crippen LogP contribution in [0.5, 0.6) is 0 Å². The van der Waals surface area contributed by atoms with Gasteiger partial charge in [-0.3, -0.25) is 0 Å². The van der Waals surface area contributed by atoms with E-state index in [0.717, 1.165) is 37.1 Å². The van der Waals surface area contributed by atoms with Gasteiger partial charge in [-0.2, -0.15) is 4.98 Å². The Hall–Kier alpha value is -1.32. The molecule has 1 aromatic rings. The first-order valence-corrected chi connectivity index (χ1v) is 6.99. The molecule has 0 unspecified atom stereocenters. The van der Waals surface area contributed by atoms with E-state index in [2.05, 4.69) is 40.1 Å². The van der Waals surface area contributed by atoms with E-state index >= 15 is 0 Å². The van der Waals surface area contributed by atoms with E-state index in [4.69, 9.17) is 0 Å². The van der Waals surface area contributed by atoms with Gasteiger partial charge in [-0.25, -0.2) is 4.98 Å². The third-order valence-corrected chi connectivity index (χ3v) is 3.19. The fourth-order valence-corrected chi connectivity index (χ4v) is 2.21. The molecule has 1 aromatic heterocycles. The number of anilines is 2. The second-order valence-corrected chi connectivity index (χ2v) is 5.51.